The molecule has 3 aromatic carbocycles. The Kier molecular flexibility index (Phi) is 6.62. The molecule has 0 saturated carbocycles. The molecular formula is C23H22ClNO4. The number of amides is 1. The van der Waals surface area contributed by atoms with Crippen LogP contribution in [-0.4, -0.2) is 19.6 Å². The zero-order valence-electron chi connectivity index (χ0n) is 16.5. The maximum Gasteiger partial charge on any atom is 0.255 e. The van der Waals surface area contributed by atoms with Gasteiger partial charge in [-0.25, -0.2) is 0 Å². The molecule has 6 heteroatoms. The summed E-state index contributed by atoms with van der Waals surface area (Å²) in [5.74, 6) is 2.00. The summed E-state index contributed by atoms with van der Waals surface area (Å²) >= 11 is 6.23. The van der Waals surface area contributed by atoms with Crippen LogP contribution in [0.3, 0.4) is 0 Å². The van der Waals surface area contributed by atoms with Gasteiger partial charge >= 0.3 is 0 Å². The number of carbonyl (C=O) groups is 1. The van der Waals surface area contributed by atoms with Crippen LogP contribution in [-0.2, 0) is 0 Å². The van der Waals surface area contributed by atoms with E-state index in [1.54, 1.807) is 36.4 Å². The summed E-state index contributed by atoms with van der Waals surface area (Å²) in [6, 6.07) is 18.1. The molecule has 0 aliphatic heterocycles. The summed E-state index contributed by atoms with van der Waals surface area (Å²) in [4.78, 5) is 12.6. The number of methoxy groups -OCH3 is 1. The average molecular weight is 412 g/mol. The monoisotopic (exact) mass is 411 g/mol. The Labute approximate surface area is 175 Å². The van der Waals surface area contributed by atoms with Gasteiger partial charge in [0.2, 0.25) is 0 Å². The summed E-state index contributed by atoms with van der Waals surface area (Å²) in [7, 11) is 1.50. The molecule has 3 aromatic rings. The fourth-order valence-electron chi connectivity index (χ4n) is 2.77. The number of aryl methyl sites for hydroxylation is 1. The van der Waals surface area contributed by atoms with Crippen molar-refractivity contribution in [2.75, 3.05) is 19.0 Å². The number of para-hydroxylation sites is 1. The van der Waals surface area contributed by atoms with E-state index < -0.39 is 0 Å². The van der Waals surface area contributed by atoms with E-state index in [2.05, 4.69) is 5.32 Å². The first-order valence-electron chi connectivity index (χ1n) is 9.17. The molecule has 3 rings (SSSR count). The standard InChI is InChI=1S/C23H22ClNO4/c1-4-28-21-14-16(13-19(24)22(21)27-3)23(26)25-17-9-11-18(12-10-17)29-20-8-6-5-7-15(20)2/h5-14H,4H2,1-3H3,(H,25,26). The Morgan fingerprint density at radius 3 is 2.41 bits per heavy atom. The zero-order valence-corrected chi connectivity index (χ0v) is 17.2. The minimum absolute atomic E-state index is 0.303. The van der Waals surface area contributed by atoms with Gasteiger partial charge in [-0.3, -0.25) is 4.79 Å². The van der Waals surface area contributed by atoms with Gasteiger partial charge in [0.15, 0.2) is 11.5 Å². The first-order chi connectivity index (χ1) is 14.0. The van der Waals surface area contributed by atoms with Gasteiger partial charge in [-0.15, -0.1) is 0 Å². The molecule has 5 nitrogen and oxygen atoms in total. The summed E-state index contributed by atoms with van der Waals surface area (Å²) in [5.41, 5.74) is 2.06. The van der Waals surface area contributed by atoms with Crippen LogP contribution in [0.25, 0.3) is 0 Å². The molecule has 150 valence electrons. The van der Waals surface area contributed by atoms with Crippen LogP contribution in [0.1, 0.15) is 22.8 Å². The number of rotatable bonds is 7. The first kappa shape index (κ1) is 20.6. The SMILES string of the molecule is CCOc1cc(C(=O)Nc2ccc(Oc3ccccc3C)cc2)cc(Cl)c1OC. The number of hydrogen-bond donors (Lipinski definition) is 1. The molecule has 0 aromatic heterocycles. The van der Waals surface area contributed by atoms with Crippen LogP contribution in [0.5, 0.6) is 23.0 Å². The van der Waals surface area contributed by atoms with Crippen molar-refractivity contribution in [1.82, 2.24) is 0 Å². The van der Waals surface area contributed by atoms with Crippen LogP contribution >= 0.6 is 11.6 Å². The van der Waals surface area contributed by atoms with Gasteiger partial charge in [0.25, 0.3) is 5.91 Å². The highest BCUT2D eigenvalue weighted by Gasteiger charge is 2.16. The van der Waals surface area contributed by atoms with Crippen molar-refractivity contribution in [1.29, 1.82) is 0 Å². The maximum atomic E-state index is 12.6. The van der Waals surface area contributed by atoms with Crippen LogP contribution in [0, 0.1) is 6.92 Å². The summed E-state index contributed by atoms with van der Waals surface area (Å²) in [5, 5.41) is 3.16. The molecule has 0 saturated heterocycles. The molecule has 0 aliphatic rings. The van der Waals surface area contributed by atoms with Crippen molar-refractivity contribution in [3.05, 3.63) is 76.8 Å². The van der Waals surface area contributed by atoms with Crippen LogP contribution in [0.4, 0.5) is 5.69 Å². The largest absolute Gasteiger partial charge is 0.491 e. The smallest absolute Gasteiger partial charge is 0.255 e. The normalized spacial score (nSPS) is 10.3. The molecule has 0 atom stereocenters. The lowest BCUT2D eigenvalue weighted by Crippen LogP contribution is -2.12. The average Bonchev–Trinajstić information content (AvgIpc) is 2.71. The molecule has 0 radical (unpaired) electrons. The van der Waals surface area contributed by atoms with E-state index in [1.807, 2.05) is 38.1 Å². The van der Waals surface area contributed by atoms with Gasteiger partial charge in [0, 0.05) is 11.3 Å². The fraction of sp³-hybridized carbons (Fsp3) is 0.174. The molecule has 29 heavy (non-hydrogen) atoms. The fourth-order valence-corrected chi connectivity index (χ4v) is 3.06. The number of anilines is 1. The van der Waals surface area contributed by atoms with Gasteiger partial charge in [-0.1, -0.05) is 29.8 Å². The molecule has 1 N–H and O–H groups in total. The third-order valence-electron chi connectivity index (χ3n) is 4.21. The molecule has 0 heterocycles. The minimum Gasteiger partial charge on any atom is -0.491 e. The molecule has 0 spiro atoms. The predicted octanol–water partition coefficient (Wildman–Crippen LogP) is 6.10. The van der Waals surface area contributed by atoms with Crippen molar-refractivity contribution in [3.63, 3.8) is 0 Å². The highest BCUT2D eigenvalue weighted by Crippen LogP contribution is 2.36. The van der Waals surface area contributed by atoms with Crippen LogP contribution in [0.15, 0.2) is 60.7 Å². The van der Waals surface area contributed by atoms with E-state index in [9.17, 15) is 4.79 Å². The van der Waals surface area contributed by atoms with Crippen molar-refractivity contribution >= 4 is 23.2 Å². The third kappa shape index (κ3) is 5.00. The predicted molar refractivity (Wildman–Crippen MR) is 115 cm³/mol. The van der Waals surface area contributed by atoms with Crippen LogP contribution in [0.2, 0.25) is 5.02 Å². The van der Waals surface area contributed by atoms with E-state index in [-0.39, 0.29) is 5.91 Å². The minimum atomic E-state index is -0.303. The number of carbonyl (C=O) groups excluding carboxylic acids is 1. The van der Waals surface area contributed by atoms with Gasteiger partial charge in [-0.2, -0.15) is 0 Å². The lowest BCUT2D eigenvalue weighted by molar-refractivity contribution is 0.102. The van der Waals surface area contributed by atoms with E-state index >= 15 is 0 Å². The quantitative estimate of drug-likeness (QED) is 0.510. The number of nitrogens with one attached hydrogen (secondary N) is 1. The van der Waals surface area contributed by atoms with Crippen LogP contribution < -0.4 is 19.5 Å². The second kappa shape index (κ2) is 9.34. The lowest BCUT2D eigenvalue weighted by Gasteiger charge is -2.13. The summed E-state index contributed by atoms with van der Waals surface area (Å²) < 4.78 is 16.7. The number of hydrogen-bond acceptors (Lipinski definition) is 4. The van der Waals surface area contributed by atoms with Gasteiger partial charge in [-0.05, 0) is 61.9 Å². The Balaban J connectivity index is 1.73. The Hall–Kier alpha value is -3.18. The Morgan fingerprint density at radius 2 is 1.76 bits per heavy atom. The van der Waals surface area contributed by atoms with Crippen molar-refractivity contribution < 1.29 is 19.0 Å². The van der Waals surface area contributed by atoms with Crippen molar-refractivity contribution in [2.24, 2.45) is 0 Å². The van der Waals surface area contributed by atoms with Crippen molar-refractivity contribution in [2.45, 2.75) is 13.8 Å². The lowest BCUT2D eigenvalue weighted by atomic mass is 10.1. The van der Waals surface area contributed by atoms with Crippen molar-refractivity contribution in [3.8, 4) is 23.0 Å². The number of ether oxygens (including phenoxy) is 3. The molecule has 0 unspecified atom stereocenters. The van der Waals surface area contributed by atoms with E-state index in [1.165, 1.54) is 7.11 Å². The number of benzene rings is 3. The maximum absolute atomic E-state index is 12.6. The Morgan fingerprint density at radius 1 is 1.03 bits per heavy atom. The highest BCUT2D eigenvalue weighted by molar-refractivity contribution is 6.32. The highest BCUT2D eigenvalue weighted by atomic mass is 35.5. The van der Waals surface area contributed by atoms with E-state index in [0.29, 0.717) is 40.1 Å². The molecular weight excluding hydrogens is 390 g/mol. The molecule has 0 fully saturated rings. The van der Waals surface area contributed by atoms with E-state index in [0.717, 1.165) is 11.3 Å². The van der Waals surface area contributed by atoms with E-state index in [4.69, 9.17) is 25.8 Å². The third-order valence-corrected chi connectivity index (χ3v) is 4.49. The van der Waals surface area contributed by atoms with Gasteiger partial charge < -0.3 is 19.5 Å². The summed E-state index contributed by atoms with van der Waals surface area (Å²) in [6.45, 7) is 4.27. The number of halogens is 1. The zero-order chi connectivity index (χ0) is 20.8. The van der Waals surface area contributed by atoms with Gasteiger partial charge in [0.05, 0.1) is 18.7 Å². The van der Waals surface area contributed by atoms with Gasteiger partial charge in [0.1, 0.15) is 11.5 Å². The molecule has 1 amide bonds. The Bertz CT molecular complexity index is 1000. The first-order valence-corrected chi connectivity index (χ1v) is 9.55. The second-order valence-electron chi connectivity index (χ2n) is 6.27. The summed E-state index contributed by atoms with van der Waals surface area (Å²) in [6.07, 6.45) is 0. The molecule has 0 bridgehead atoms. The molecule has 0 aliphatic carbocycles. The topological polar surface area (TPSA) is 56.8 Å². The second-order valence-corrected chi connectivity index (χ2v) is 6.68.